The van der Waals surface area contributed by atoms with Gasteiger partial charge in [-0.2, -0.15) is 0 Å². The Kier molecular flexibility index (Phi) is 6.98. The van der Waals surface area contributed by atoms with Gasteiger partial charge in [0.1, 0.15) is 11.6 Å². The van der Waals surface area contributed by atoms with Gasteiger partial charge >= 0.3 is 0 Å². The van der Waals surface area contributed by atoms with E-state index in [1.54, 1.807) is 42.3 Å². The predicted octanol–water partition coefficient (Wildman–Crippen LogP) is 4.86. The molecule has 0 saturated heterocycles. The number of rotatable bonds is 8. The topological polar surface area (TPSA) is 55.2 Å². The Morgan fingerprint density at radius 3 is 2.50 bits per heavy atom. The first-order valence-corrected chi connectivity index (χ1v) is 10.5. The molecule has 1 aromatic heterocycles. The maximum Gasteiger partial charge on any atom is 0.261 e. The highest BCUT2D eigenvalue weighted by Gasteiger charge is 2.29. The molecule has 0 bridgehead atoms. The summed E-state index contributed by atoms with van der Waals surface area (Å²) in [6.45, 7) is 4.52. The Morgan fingerprint density at radius 2 is 1.80 bits per heavy atom. The van der Waals surface area contributed by atoms with Crippen LogP contribution in [0.25, 0.3) is 10.9 Å². The largest absolute Gasteiger partial charge is 0.328 e. The van der Waals surface area contributed by atoms with Gasteiger partial charge in [-0.25, -0.2) is 9.37 Å². The quantitative estimate of drug-likeness (QED) is 0.500. The Labute approximate surface area is 176 Å². The lowest BCUT2D eigenvalue weighted by Crippen LogP contribution is -2.39. The Hall–Kier alpha value is -3.02. The lowest BCUT2D eigenvalue weighted by Gasteiger charge is -2.32. The molecular weight excluding hydrogens is 381 g/mol. The second kappa shape index (κ2) is 9.65. The smallest absolute Gasteiger partial charge is 0.261 e. The maximum atomic E-state index is 14.4. The summed E-state index contributed by atoms with van der Waals surface area (Å²) in [7, 11) is 1.68. The lowest BCUT2D eigenvalue weighted by molar-refractivity contribution is 0.0648. The molecule has 2 aromatic carbocycles. The first-order chi connectivity index (χ1) is 14.5. The first kappa shape index (κ1) is 21.7. The molecule has 1 unspecified atom stereocenters. The molecule has 3 rings (SSSR count). The summed E-state index contributed by atoms with van der Waals surface area (Å²) >= 11 is 0. The fraction of sp³-hybridized carbons (Fsp3) is 0.375. The second-order valence-corrected chi connectivity index (χ2v) is 7.46. The van der Waals surface area contributed by atoms with Crippen LogP contribution in [0.15, 0.2) is 53.3 Å². The van der Waals surface area contributed by atoms with Crippen molar-refractivity contribution in [2.45, 2.75) is 45.6 Å². The molecule has 6 heteroatoms. The van der Waals surface area contributed by atoms with Gasteiger partial charge < -0.3 is 4.90 Å². The summed E-state index contributed by atoms with van der Waals surface area (Å²) in [6.07, 6.45) is 3.33. The number of amides is 1. The molecule has 0 radical (unpaired) electrons. The van der Waals surface area contributed by atoms with Crippen molar-refractivity contribution in [3.8, 4) is 0 Å². The third-order valence-corrected chi connectivity index (χ3v) is 5.45. The molecule has 0 N–H and O–H groups in total. The summed E-state index contributed by atoms with van der Waals surface area (Å²) in [6, 6.07) is 12.8. The van der Waals surface area contributed by atoms with Crippen LogP contribution in [0, 0.1) is 5.82 Å². The van der Waals surface area contributed by atoms with Gasteiger partial charge in [0.05, 0.1) is 22.5 Å². The van der Waals surface area contributed by atoms with Crippen LogP contribution in [0.2, 0.25) is 0 Å². The third-order valence-electron chi connectivity index (χ3n) is 5.45. The molecule has 1 atom stereocenters. The lowest BCUT2D eigenvalue weighted by atomic mass is 10.1. The SMILES string of the molecule is CCCCCN(C(=O)c1ccccc1F)C(CC)c1nc2ccccc2c(=O)n1C. The zero-order chi connectivity index (χ0) is 21.7. The zero-order valence-electron chi connectivity index (χ0n) is 17.8. The van der Waals surface area contributed by atoms with Crippen LogP contribution in [0.5, 0.6) is 0 Å². The monoisotopic (exact) mass is 409 g/mol. The number of carbonyl (C=O) groups excluding carboxylic acids is 1. The fourth-order valence-electron chi connectivity index (χ4n) is 3.80. The molecule has 1 amide bonds. The van der Waals surface area contributed by atoms with Gasteiger partial charge in [0.15, 0.2) is 0 Å². The highest BCUT2D eigenvalue weighted by molar-refractivity contribution is 5.94. The molecule has 5 nitrogen and oxygen atoms in total. The van der Waals surface area contributed by atoms with Crippen molar-refractivity contribution in [1.82, 2.24) is 14.5 Å². The van der Waals surface area contributed by atoms with Gasteiger partial charge in [-0.3, -0.25) is 14.2 Å². The number of fused-ring (bicyclic) bond motifs is 1. The molecule has 158 valence electrons. The van der Waals surface area contributed by atoms with Crippen molar-refractivity contribution in [3.05, 3.63) is 76.1 Å². The minimum atomic E-state index is -0.543. The summed E-state index contributed by atoms with van der Waals surface area (Å²) in [5, 5.41) is 0.538. The van der Waals surface area contributed by atoms with Crippen LogP contribution in [0.3, 0.4) is 0 Å². The number of benzene rings is 2. The molecule has 1 heterocycles. The minimum Gasteiger partial charge on any atom is -0.328 e. The number of halogens is 1. The van der Waals surface area contributed by atoms with E-state index >= 15 is 0 Å². The summed E-state index contributed by atoms with van der Waals surface area (Å²) in [4.78, 5) is 32.7. The number of aromatic nitrogens is 2. The number of nitrogens with zero attached hydrogens (tertiary/aromatic N) is 3. The number of unbranched alkanes of at least 4 members (excludes halogenated alkanes) is 2. The molecule has 0 aliphatic heterocycles. The van der Waals surface area contributed by atoms with Crippen molar-refractivity contribution in [3.63, 3.8) is 0 Å². The van der Waals surface area contributed by atoms with Crippen molar-refractivity contribution in [1.29, 1.82) is 0 Å². The molecular formula is C24H28FN3O2. The number of para-hydroxylation sites is 1. The normalized spacial score (nSPS) is 12.1. The molecule has 0 spiro atoms. The summed E-state index contributed by atoms with van der Waals surface area (Å²) < 4.78 is 15.9. The van der Waals surface area contributed by atoms with Crippen LogP contribution in [0.1, 0.15) is 61.8 Å². The molecule has 0 aliphatic rings. The van der Waals surface area contributed by atoms with Gasteiger partial charge in [0, 0.05) is 13.6 Å². The van der Waals surface area contributed by atoms with Gasteiger partial charge in [-0.15, -0.1) is 0 Å². The highest BCUT2D eigenvalue weighted by Crippen LogP contribution is 2.26. The van der Waals surface area contributed by atoms with E-state index < -0.39 is 11.9 Å². The molecule has 30 heavy (non-hydrogen) atoms. The van der Waals surface area contributed by atoms with Crippen molar-refractivity contribution >= 4 is 16.8 Å². The molecule has 0 aliphatic carbocycles. The number of hydrogen-bond donors (Lipinski definition) is 0. The Morgan fingerprint density at radius 1 is 1.10 bits per heavy atom. The van der Waals surface area contributed by atoms with Crippen molar-refractivity contribution in [2.24, 2.45) is 7.05 Å². The van der Waals surface area contributed by atoms with E-state index in [0.29, 0.717) is 29.7 Å². The van der Waals surface area contributed by atoms with Crippen molar-refractivity contribution in [2.75, 3.05) is 6.54 Å². The van der Waals surface area contributed by atoms with E-state index in [-0.39, 0.29) is 17.0 Å². The average molecular weight is 410 g/mol. The molecule has 0 fully saturated rings. The van der Waals surface area contributed by atoms with Crippen LogP contribution in [-0.2, 0) is 7.05 Å². The molecule has 0 saturated carbocycles. The van der Waals surface area contributed by atoms with Gasteiger partial charge in [-0.05, 0) is 37.1 Å². The second-order valence-electron chi connectivity index (χ2n) is 7.46. The van der Waals surface area contributed by atoms with Crippen LogP contribution in [0.4, 0.5) is 4.39 Å². The Balaban J connectivity index is 2.10. The Bertz CT molecular complexity index is 1090. The van der Waals surface area contributed by atoms with Crippen molar-refractivity contribution < 1.29 is 9.18 Å². The number of carbonyl (C=O) groups is 1. The van der Waals surface area contributed by atoms with E-state index in [4.69, 9.17) is 4.98 Å². The highest BCUT2D eigenvalue weighted by atomic mass is 19.1. The number of hydrogen-bond acceptors (Lipinski definition) is 3. The predicted molar refractivity (Wildman–Crippen MR) is 117 cm³/mol. The standard InChI is InChI=1S/C24H28FN3O2/c1-4-6-11-16-28(24(30)17-12-7-9-14-19(17)25)21(5-2)22-26-20-15-10-8-13-18(20)23(29)27(22)3/h7-10,12-15,21H,4-6,11,16H2,1-3H3. The van der Waals surface area contributed by atoms with Crippen LogP contribution >= 0.6 is 0 Å². The van der Waals surface area contributed by atoms with E-state index in [0.717, 1.165) is 19.3 Å². The van der Waals surface area contributed by atoms with E-state index in [2.05, 4.69) is 6.92 Å². The van der Waals surface area contributed by atoms with Crippen LogP contribution in [-0.4, -0.2) is 26.9 Å². The average Bonchev–Trinajstić information content (AvgIpc) is 2.76. The summed E-state index contributed by atoms with van der Waals surface area (Å²) in [5.74, 6) is -0.404. The van der Waals surface area contributed by atoms with Crippen LogP contribution < -0.4 is 5.56 Å². The summed E-state index contributed by atoms with van der Waals surface area (Å²) in [5.41, 5.74) is 0.486. The van der Waals surface area contributed by atoms with E-state index in [1.807, 2.05) is 13.0 Å². The molecule has 3 aromatic rings. The minimum absolute atomic E-state index is 0.0400. The zero-order valence-corrected chi connectivity index (χ0v) is 17.8. The third kappa shape index (κ3) is 4.27. The fourth-order valence-corrected chi connectivity index (χ4v) is 3.80. The van der Waals surface area contributed by atoms with Gasteiger partial charge in [0.25, 0.3) is 11.5 Å². The van der Waals surface area contributed by atoms with Gasteiger partial charge in [-0.1, -0.05) is 51.0 Å². The van der Waals surface area contributed by atoms with E-state index in [1.165, 1.54) is 16.7 Å². The first-order valence-electron chi connectivity index (χ1n) is 10.5. The van der Waals surface area contributed by atoms with E-state index in [9.17, 15) is 14.0 Å². The maximum absolute atomic E-state index is 14.4. The van der Waals surface area contributed by atoms with Gasteiger partial charge in [0.2, 0.25) is 0 Å².